The molecule has 3 aromatic carbocycles. The van der Waals surface area contributed by atoms with Gasteiger partial charge >= 0.3 is 0 Å². The molecule has 0 aliphatic rings. The van der Waals surface area contributed by atoms with Crippen LogP contribution in [0, 0.1) is 35.3 Å². The van der Waals surface area contributed by atoms with Gasteiger partial charge in [-0.2, -0.15) is 5.26 Å². The monoisotopic (exact) mass is 495 g/mol. The van der Waals surface area contributed by atoms with Gasteiger partial charge in [0.1, 0.15) is 18.2 Å². The van der Waals surface area contributed by atoms with E-state index >= 15 is 0 Å². The second-order valence-electron chi connectivity index (χ2n) is 7.47. The van der Waals surface area contributed by atoms with Gasteiger partial charge < -0.3 is 10.1 Å². The number of halogens is 2. The van der Waals surface area contributed by atoms with Gasteiger partial charge in [-0.3, -0.25) is 14.9 Å². The first-order chi connectivity index (χ1) is 16.2. The van der Waals surface area contributed by atoms with Crippen LogP contribution < -0.4 is 10.1 Å². The lowest BCUT2D eigenvalue weighted by Gasteiger charge is -2.12. The molecule has 3 rings (SSSR count). The number of amides is 1. The maximum absolute atomic E-state index is 12.6. The lowest BCUT2D eigenvalue weighted by Crippen LogP contribution is -2.14. The zero-order valence-electron chi connectivity index (χ0n) is 18.3. The van der Waals surface area contributed by atoms with Gasteiger partial charge in [-0.1, -0.05) is 47.5 Å². The summed E-state index contributed by atoms with van der Waals surface area (Å²) in [4.78, 5) is 23.1. The van der Waals surface area contributed by atoms with E-state index in [1.807, 2.05) is 38.1 Å². The highest BCUT2D eigenvalue weighted by Gasteiger charge is 2.14. The number of hydrogen-bond donors (Lipinski definition) is 1. The van der Waals surface area contributed by atoms with Crippen LogP contribution in [0.25, 0.3) is 6.08 Å². The third-order valence-electron chi connectivity index (χ3n) is 4.84. The van der Waals surface area contributed by atoms with Crippen molar-refractivity contribution in [3.8, 4) is 11.8 Å². The van der Waals surface area contributed by atoms with Crippen molar-refractivity contribution < 1.29 is 14.5 Å². The Morgan fingerprint density at radius 3 is 2.50 bits per heavy atom. The fourth-order valence-electron chi connectivity index (χ4n) is 3.09. The van der Waals surface area contributed by atoms with Gasteiger partial charge in [0.25, 0.3) is 11.6 Å². The number of nitrogens with one attached hydrogen (secondary N) is 1. The summed E-state index contributed by atoms with van der Waals surface area (Å²) < 4.78 is 5.67. The second-order valence-corrected chi connectivity index (χ2v) is 8.29. The van der Waals surface area contributed by atoms with Crippen LogP contribution in [0.4, 0.5) is 11.4 Å². The number of nitrogens with zero attached hydrogens (tertiary/aromatic N) is 2. The summed E-state index contributed by atoms with van der Waals surface area (Å²) in [6.45, 7) is 3.78. The molecule has 9 heteroatoms. The van der Waals surface area contributed by atoms with Crippen molar-refractivity contribution in [2.24, 2.45) is 0 Å². The number of carbonyl (C=O) groups is 1. The number of carbonyl (C=O) groups excluding carboxylic acids is 1. The molecule has 0 heterocycles. The molecule has 0 bridgehead atoms. The van der Waals surface area contributed by atoms with Crippen molar-refractivity contribution in [3.63, 3.8) is 0 Å². The molecule has 0 radical (unpaired) electrons. The fraction of sp³-hybridized carbons (Fsp3) is 0.120. The van der Waals surface area contributed by atoms with Crippen molar-refractivity contribution in [2.45, 2.75) is 20.5 Å². The molecule has 1 amide bonds. The summed E-state index contributed by atoms with van der Waals surface area (Å²) in [5.74, 6) is -0.375. The Kier molecular flexibility index (Phi) is 7.90. The summed E-state index contributed by atoms with van der Waals surface area (Å²) >= 11 is 12.7. The zero-order valence-corrected chi connectivity index (χ0v) is 19.8. The first-order valence-electron chi connectivity index (χ1n) is 10.0. The highest BCUT2D eigenvalue weighted by atomic mass is 35.5. The van der Waals surface area contributed by atoms with Crippen molar-refractivity contribution in [3.05, 3.63) is 103 Å². The number of benzene rings is 3. The summed E-state index contributed by atoms with van der Waals surface area (Å²) in [6.07, 6.45) is 1.38. The first kappa shape index (κ1) is 24.8. The van der Waals surface area contributed by atoms with Gasteiger partial charge in [0.05, 0.1) is 15.0 Å². The third kappa shape index (κ3) is 6.13. The van der Waals surface area contributed by atoms with Crippen LogP contribution in [0.3, 0.4) is 0 Å². The number of nitro benzene ring substituents is 1. The van der Waals surface area contributed by atoms with Gasteiger partial charge in [-0.25, -0.2) is 0 Å². The minimum absolute atomic E-state index is 0.0119. The molecular formula is C25H19Cl2N3O4. The molecule has 0 atom stereocenters. The van der Waals surface area contributed by atoms with E-state index in [9.17, 15) is 20.2 Å². The molecule has 0 saturated carbocycles. The minimum Gasteiger partial charge on any atom is -0.486 e. The molecular weight excluding hydrogens is 477 g/mol. The van der Waals surface area contributed by atoms with Gasteiger partial charge in [-0.05, 0) is 60.4 Å². The molecule has 0 saturated heterocycles. The normalized spacial score (nSPS) is 11.0. The van der Waals surface area contributed by atoms with Crippen LogP contribution in [0.5, 0.6) is 5.75 Å². The van der Waals surface area contributed by atoms with Crippen molar-refractivity contribution in [1.29, 1.82) is 5.26 Å². The Morgan fingerprint density at radius 1 is 1.15 bits per heavy atom. The van der Waals surface area contributed by atoms with E-state index in [0.717, 1.165) is 11.1 Å². The number of non-ortho nitro benzene ring substituents is 1. The van der Waals surface area contributed by atoms with E-state index in [1.54, 1.807) is 12.1 Å². The lowest BCUT2D eigenvalue weighted by atomic mass is 10.1. The number of ether oxygens (including phenoxy) is 1. The average molecular weight is 496 g/mol. The largest absolute Gasteiger partial charge is 0.486 e. The Labute approximate surface area is 206 Å². The van der Waals surface area contributed by atoms with E-state index in [1.165, 1.54) is 30.3 Å². The van der Waals surface area contributed by atoms with Gasteiger partial charge in [-0.15, -0.1) is 0 Å². The molecule has 3 aromatic rings. The summed E-state index contributed by atoms with van der Waals surface area (Å²) in [6, 6.07) is 16.6. The van der Waals surface area contributed by atoms with E-state index < -0.39 is 10.8 Å². The number of nitriles is 1. The number of rotatable bonds is 7. The predicted molar refractivity (Wildman–Crippen MR) is 132 cm³/mol. The molecule has 1 N–H and O–H groups in total. The predicted octanol–water partition coefficient (Wildman–Crippen LogP) is 6.64. The Bertz CT molecular complexity index is 1320. The second kappa shape index (κ2) is 10.8. The van der Waals surface area contributed by atoms with Gasteiger partial charge in [0, 0.05) is 17.8 Å². The highest BCUT2D eigenvalue weighted by molar-refractivity contribution is 6.37. The molecule has 172 valence electrons. The molecule has 0 fully saturated rings. The topological polar surface area (TPSA) is 105 Å². The Balaban J connectivity index is 1.79. The van der Waals surface area contributed by atoms with E-state index in [0.29, 0.717) is 16.8 Å². The number of hydrogen-bond acceptors (Lipinski definition) is 5. The van der Waals surface area contributed by atoms with Gasteiger partial charge in [0.15, 0.2) is 5.75 Å². The smallest absolute Gasteiger partial charge is 0.269 e. The van der Waals surface area contributed by atoms with Gasteiger partial charge in [0.2, 0.25) is 0 Å². The third-order valence-corrected chi connectivity index (χ3v) is 5.40. The number of aryl methyl sites for hydroxylation is 2. The van der Waals surface area contributed by atoms with Crippen LogP contribution in [0.2, 0.25) is 10.0 Å². The molecule has 34 heavy (non-hydrogen) atoms. The number of nitro groups is 1. The quantitative estimate of drug-likeness (QED) is 0.171. The van der Waals surface area contributed by atoms with Crippen LogP contribution in [-0.4, -0.2) is 10.8 Å². The number of anilines is 1. The first-order valence-corrected chi connectivity index (χ1v) is 10.8. The SMILES string of the molecule is Cc1ccc(C)c(NC(=O)/C(C#N)=C/c2cc(Cl)c(OCc3cccc([N+](=O)[O-])c3)c(Cl)c2)c1. The minimum atomic E-state index is -0.561. The molecule has 0 aliphatic carbocycles. The van der Waals surface area contributed by atoms with E-state index in [4.69, 9.17) is 27.9 Å². The molecule has 0 aromatic heterocycles. The van der Waals surface area contributed by atoms with E-state index in [-0.39, 0.29) is 33.7 Å². The fourth-order valence-corrected chi connectivity index (χ4v) is 3.70. The maximum atomic E-state index is 12.6. The molecule has 0 spiro atoms. The van der Waals surface area contributed by atoms with Crippen LogP contribution in [-0.2, 0) is 11.4 Å². The highest BCUT2D eigenvalue weighted by Crippen LogP contribution is 2.35. The Morgan fingerprint density at radius 2 is 1.85 bits per heavy atom. The zero-order chi connectivity index (χ0) is 24.8. The standard InChI is InChI=1S/C25H19Cl2N3O4/c1-15-6-7-16(2)23(8-15)29-25(31)19(13-28)9-18-11-21(26)24(22(27)12-18)34-14-17-4-3-5-20(10-17)30(32)33/h3-12H,14H2,1-2H3,(H,29,31)/b19-9+. The summed E-state index contributed by atoms with van der Waals surface area (Å²) in [7, 11) is 0. The van der Waals surface area contributed by atoms with Crippen LogP contribution >= 0.6 is 23.2 Å². The van der Waals surface area contributed by atoms with Crippen LogP contribution in [0.1, 0.15) is 22.3 Å². The van der Waals surface area contributed by atoms with Crippen molar-refractivity contribution in [1.82, 2.24) is 0 Å². The Hall–Kier alpha value is -3.86. The van der Waals surface area contributed by atoms with E-state index in [2.05, 4.69) is 5.32 Å². The summed E-state index contributed by atoms with van der Waals surface area (Å²) in [5.41, 5.74) is 3.29. The average Bonchev–Trinajstić information content (AvgIpc) is 2.79. The van der Waals surface area contributed by atoms with Crippen LogP contribution in [0.15, 0.2) is 60.2 Å². The molecule has 0 aliphatic heterocycles. The van der Waals surface area contributed by atoms with Crippen molar-refractivity contribution in [2.75, 3.05) is 5.32 Å². The molecule has 0 unspecified atom stereocenters. The maximum Gasteiger partial charge on any atom is 0.269 e. The lowest BCUT2D eigenvalue weighted by molar-refractivity contribution is -0.384. The summed E-state index contributed by atoms with van der Waals surface area (Å²) in [5, 5.41) is 23.5. The van der Waals surface area contributed by atoms with Crippen molar-refractivity contribution >= 4 is 46.6 Å². The molecule has 7 nitrogen and oxygen atoms in total.